The predicted molar refractivity (Wildman–Crippen MR) is 135 cm³/mol. The third-order valence-corrected chi connectivity index (χ3v) is 10.1. The number of aryl methyl sites for hydroxylation is 1. The molecule has 0 saturated heterocycles. The molecule has 2 bridgehead atoms. The Bertz CT molecular complexity index is 1400. The summed E-state index contributed by atoms with van der Waals surface area (Å²) in [6, 6.07) is 7.27. The summed E-state index contributed by atoms with van der Waals surface area (Å²) in [6.45, 7) is 7.44. The van der Waals surface area contributed by atoms with E-state index in [4.69, 9.17) is 4.74 Å². The zero-order valence-corrected chi connectivity index (χ0v) is 21.8. The maximum Gasteiger partial charge on any atom is 0.360 e. The molecule has 2 saturated carbocycles. The van der Waals surface area contributed by atoms with Crippen LogP contribution in [0.3, 0.4) is 0 Å². The van der Waals surface area contributed by atoms with Crippen molar-refractivity contribution in [1.82, 2.24) is 9.78 Å². The summed E-state index contributed by atoms with van der Waals surface area (Å²) >= 11 is 0. The number of aliphatic hydroxyl groups excluding tert-OH is 2. The van der Waals surface area contributed by atoms with Crippen LogP contribution < -0.4 is 0 Å². The van der Waals surface area contributed by atoms with E-state index in [1.54, 1.807) is 42.9 Å². The number of Topliss-reactive ketones (excluding diaryl/α,β-unsaturated/α-hetero) is 1. The molecule has 0 radical (unpaired) electrons. The molecule has 4 aliphatic carbocycles. The molecule has 8 nitrogen and oxygen atoms in total. The van der Waals surface area contributed by atoms with E-state index in [0.717, 1.165) is 5.52 Å². The van der Waals surface area contributed by atoms with Crippen molar-refractivity contribution < 1.29 is 29.6 Å². The number of para-hydroxylation sites is 1. The number of esters is 1. The minimum atomic E-state index is -2.17. The van der Waals surface area contributed by atoms with Crippen LogP contribution in [-0.4, -0.2) is 61.3 Å². The number of aliphatic hydroxyl groups is 3. The zero-order valence-electron chi connectivity index (χ0n) is 21.8. The minimum absolute atomic E-state index is 0.0517. The van der Waals surface area contributed by atoms with Gasteiger partial charge < -0.3 is 20.1 Å². The number of aromatic nitrogens is 2. The Hall–Kier alpha value is -2.81. The van der Waals surface area contributed by atoms with E-state index < -0.39 is 41.7 Å². The van der Waals surface area contributed by atoms with Crippen LogP contribution in [0.1, 0.15) is 44.6 Å². The Balaban J connectivity index is 1.47. The van der Waals surface area contributed by atoms with Gasteiger partial charge in [0.25, 0.3) is 0 Å². The van der Waals surface area contributed by atoms with Gasteiger partial charge in [-0.15, -0.1) is 0 Å². The Morgan fingerprint density at radius 2 is 1.97 bits per heavy atom. The van der Waals surface area contributed by atoms with Crippen molar-refractivity contribution in [2.75, 3.05) is 6.61 Å². The number of ether oxygens (including phenoxy) is 1. The molecule has 8 atom stereocenters. The highest BCUT2D eigenvalue weighted by atomic mass is 16.6. The molecule has 8 heteroatoms. The molecule has 196 valence electrons. The van der Waals surface area contributed by atoms with Gasteiger partial charge in [0.05, 0.1) is 17.5 Å². The van der Waals surface area contributed by atoms with Crippen LogP contribution in [-0.2, 0) is 16.6 Å². The fourth-order valence-corrected chi connectivity index (χ4v) is 8.12. The van der Waals surface area contributed by atoms with Gasteiger partial charge in [0, 0.05) is 18.4 Å². The third kappa shape index (κ3) is 2.86. The number of nitrogens with zero attached hydrogens (tertiary/aromatic N) is 2. The summed E-state index contributed by atoms with van der Waals surface area (Å²) in [5.74, 6) is -1.45. The van der Waals surface area contributed by atoms with Gasteiger partial charge in [-0.05, 0) is 53.7 Å². The van der Waals surface area contributed by atoms with E-state index >= 15 is 0 Å². The minimum Gasteiger partial charge on any atom is -0.450 e. The second-order valence-corrected chi connectivity index (χ2v) is 12.1. The highest BCUT2D eigenvalue weighted by Gasteiger charge is 2.76. The summed E-state index contributed by atoms with van der Waals surface area (Å²) < 4.78 is 7.56. The van der Waals surface area contributed by atoms with Gasteiger partial charge in [0.2, 0.25) is 0 Å². The number of hydrogen-bond acceptors (Lipinski definition) is 7. The third-order valence-electron chi connectivity index (χ3n) is 10.1. The highest BCUT2D eigenvalue weighted by molar-refractivity contribution is 6.02. The lowest BCUT2D eigenvalue weighted by Crippen LogP contribution is -2.65. The number of benzene rings is 1. The SMILES string of the molecule is CC1=CC23C(=O)[C@@H](C=C(CO)[C@@H](O)[C@]2(O)[C@H]1OC(=O)c1nn(C)c2ccccc12)[C@H]1[C@@H](CC3C)C1(C)C. The van der Waals surface area contributed by atoms with Gasteiger partial charge in [-0.1, -0.05) is 51.1 Å². The number of ketones is 1. The summed E-state index contributed by atoms with van der Waals surface area (Å²) in [5, 5.41) is 39.4. The smallest absolute Gasteiger partial charge is 0.360 e. The predicted octanol–water partition coefficient (Wildman–Crippen LogP) is 2.57. The lowest BCUT2D eigenvalue weighted by atomic mass is 9.59. The van der Waals surface area contributed by atoms with E-state index in [1.807, 2.05) is 19.1 Å². The van der Waals surface area contributed by atoms with Crippen molar-refractivity contribution in [2.45, 2.75) is 51.9 Å². The monoisotopic (exact) mass is 506 g/mol. The van der Waals surface area contributed by atoms with Crippen LogP contribution in [0.15, 0.2) is 47.6 Å². The first-order valence-corrected chi connectivity index (χ1v) is 13.0. The molecule has 1 aromatic heterocycles. The Morgan fingerprint density at radius 3 is 2.68 bits per heavy atom. The molecule has 2 fully saturated rings. The first-order chi connectivity index (χ1) is 17.4. The number of allylic oxidation sites excluding steroid dienone is 1. The Morgan fingerprint density at radius 1 is 1.27 bits per heavy atom. The number of hydrogen-bond donors (Lipinski definition) is 3. The molecule has 1 heterocycles. The lowest BCUT2D eigenvalue weighted by molar-refractivity contribution is -0.190. The van der Waals surface area contributed by atoms with E-state index in [9.17, 15) is 24.9 Å². The molecule has 2 aromatic rings. The molecule has 37 heavy (non-hydrogen) atoms. The summed E-state index contributed by atoms with van der Waals surface area (Å²) in [6.07, 6.45) is 1.21. The topological polar surface area (TPSA) is 122 Å². The van der Waals surface area contributed by atoms with E-state index in [2.05, 4.69) is 18.9 Å². The molecule has 2 unspecified atom stereocenters. The van der Waals surface area contributed by atoms with Crippen LogP contribution >= 0.6 is 0 Å². The number of fused-ring (bicyclic) bond motifs is 4. The molecule has 1 spiro atoms. The van der Waals surface area contributed by atoms with Gasteiger partial charge >= 0.3 is 5.97 Å². The molecular formula is C29H34N2O6. The molecule has 0 amide bonds. The molecule has 4 aliphatic rings. The summed E-state index contributed by atoms with van der Waals surface area (Å²) in [4.78, 5) is 27.9. The standard InChI is InChI=1S/C29H34N2O6/c1-14-12-28-15(2)10-19-21(27(19,3)4)18(24(28)34)11-16(13-32)23(33)29(28,36)25(14)37-26(35)22-17-8-6-7-9-20(17)31(5)30-22/h6-9,11-12,15,18-19,21,23,25,32-33,36H,10,13H2,1-5H3/t15?,18-,19+,21-,23+,25-,28?,29-/m0/s1. The average Bonchev–Trinajstić information content (AvgIpc) is 3.15. The van der Waals surface area contributed by atoms with Crippen molar-refractivity contribution in [3.8, 4) is 0 Å². The van der Waals surface area contributed by atoms with Crippen LogP contribution in [0.4, 0.5) is 0 Å². The molecule has 1 aromatic carbocycles. The number of carbonyl (C=O) groups excluding carboxylic acids is 2. The van der Waals surface area contributed by atoms with Crippen molar-refractivity contribution in [3.05, 3.63) is 53.3 Å². The first-order valence-electron chi connectivity index (χ1n) is 13.0. The van der Waals surface area contributed by atoms with Crippen molar-refractivity contribution in [2.24, 2.45) is 41.5 Å². The Labute approximate surface area is 215 Å². The largest absolute Gasteiger partial charge is 0.450 e. The molecule has 6 rings (SSSR count). The first kappa shape index (κ1) is 24.5. The lowest BCUT2D eigenvalue weighted by Gasteiger charge is -2.48. The van der Waals surface area contributed by atoms with Gasteiger partial charge in [0.15, 0.2) is 23.2 Å². The molecule has 3 N–H and O–H groups in total. The fraction of sp³-hybridized carbons (Fsp3) is 0.552. The van der Waals surface area contributed by atoms with Crippen molar-refractivity contribution in [3.63, 3.8) is 0 Å². The van der Waals surface area contributed by atoms with E-state index in [0.29, 0.717) is 17.4 Å². The number of rotatable bonds is 3. The van der Waals surface area contributed by atoms with Gasteiger partial charge in [-0.25, -0.2) is 4.79 Å². The molecule has 0 aliphatic heterocycles. The van der Waals surface area contributed by atoms with E-state index in [-0.39, 0.29) is 40.2 Å². The van der Waals surface area contributed by atoms with Gasteiger partial charge in [-0.2, -0.15) is 5.10 Å². The van der Waals surface area contributed by atoms with Gasteiger partial charge in [0.1, 0.15) is 6.10 Å². The molecular weight excluding hydrogens is 472 g/mol. The fourth-order valence-electron chi connectivity index (χ4n) is 8.12. The van der Waals surface area contributed by atoms with E-state index in [1.165, 1.54) is 0 Å². The van der Waals surface area contributed by atoms with Crippen LogP contribution in [0.5, 0.6) is 0 Å². The summed E-state index contributed by atoms with van der Waals surface area (Å²) in [5.41, 5.74) is -2.15. The number of carbonyl (C=O) groups is 2. The second kappa shape index (κ2) is 7.62. The quantitative estimate of drug-likeness (QED) is 0.432. The van der Waals surface area contributed by atoms with Crippen LogP contribution in [0, 0.1) is 34.5 Å². The zero-order chi connectivity index (χ0) is 26.7. The maximum absolute atomic E-state index is 14.4. The summed E-state index contributed by atoms with van der Waals surface area (Å²) in [7, 11) is 1.73. The maximum atomic E-state index is 14.4. The van der Waals surface area contributed by atoms with Crippen molar-refractivity contribution in [1.29, 1.82) is 0 Å². The second-order valence-electron chi connectivity index (χ2n) is 12.1. The average molecular weight is 507 g/mol. The normalized spacial score (nSPS) is 39.7. The highest BCUT2D eigenvalue weighted by Crippen LogP contribution is 2.71. The Kier molecular flexibility index (Phi) is 5.05. The van der Waals surface area contributed by atoms with Crippen LogP contribution in [0.25, 0.3) is 10.9 Å². The van der Waals surface area contributed by atoms with Crippen molar-refractivity contribution >= 4 is 22.7 Å². The van der Waals surface area contributed by atoms with Crippen LogP contribution in [0.2, 0.25) is 0 Å². The van der Waals surface area contributed by atoms with Gasteiger partial charge in [-0.3, -0.25) is 9.48 Å².